The quantitative estimate of drug-likeness (QED) is 0.342. The molecule has 4 rings (SSSR count). The maximum absolute atomic E-state index is 12.8. The molecule has 0 aliphatic carbocycles. The second kappa shape index (κ2) is 11.2. The molecule has 2 amide bonds. The molecular formula is C27H24N2O3S. The minimum Gasteiger partial charge on any atom is -0.372 e. The van der Waals surface area contributed by atoms with Crippen molar-refractivity contribution in [1.82, 2.24) is 5.32 Å². The van der Waals surface area contributed by atoms with Crippen LogP contribution in [0.2, 0.25) is 0 Å². The van der Waals surface area contributed by atoms with E-state index in [1.54, 1.807) is 30.3 Å². The topological polar surface area (TPSA) is 67.4 Å². The summed E-state index contributed by atoms with van der Waals surface area (Å²) in [6.07, 6.45) is 0. The predicted octanol–water partition coefficient (Wildman–Crippen LogP) is 5.65. The zero-order valence-corrected chi connectivity index (χ0v) is 18.8. The Morgan fingerprint density at radius 1 is 0.697 bits per heavy atom. The highest BCUT2D eigenvalue weighted by atomic mass is 32.1. The summed E-state index contributed by atoms with van der Waals surface area (Å²) in [7, 11) is 0. The average Bonchev–Trinajstić information content (AvgIpc) is 3.40. The van der Waals surface area contributed by atoms with Gasteiger partial charge in [-0.1, -0.05) is 72.8 Å². The Balaban J connectivity index is 1.29. The highest BCUT2D eigenvalue weighted by Crippen LogP contribution is 2.18. The van der Waals surface area contributed by atoms with Gasteiger partial charge in [-0.2, -0.15) is 0 Å². The third-order valence-corrected chi connectivity index (χ3v) is 5.89. The van der Waals surface area contributed by atoms with Gasteiger partial charge in [0, 0.05) is 6.54 Å². The lowest BCUT2D eigenvalue weighted by atomic mass is 10.1. The number of hydrogen-bond acceptors (Lipinski definition) is 4. The van der Waals surface area contributed by atoms with E-state index in [0.29, 0.717) is 35.9 Å². The first kappa shape index (κ1) is 22.5. The second-order valence-electron chi connectivity index (χ2n) is 7.45. The van der Waals surface area contributed by atoms with Gasteiger partial charge in [0.05, 0.1) is 29.3 Å². The Hall–Kier alpha value is -3.74. The number of amides is 2. The first-order chi connectivity index (χ1) is 16.2. The highest BCUT2D eigenvalue weighted by molar-refractivity contribution is 7.12. The summed E-state index contributed by atoms with van der Waals surface area (Å²) < 4.78 is 5.77. The SMILES string of the molecule is O=C(Nc1ccccc1C(=O)NCc1ccc(COCc2ccccc2)cc1)c1cccs1. The standard InChI is InChI=1S/C27H24N2O3S/c30-26(23-9-4-5-10-24(23)29-27(31)25-11-6-16-33-25)28-17-20-12-14-22(15-13-20)19-32-18-21-7-2-1-3-8-21/h1-16H,17-19H2,(H,28,30)(H,29,31). The summed E-state index contributed by atoms with van der Waals surface area (Å²) >= 11 is 1.36. The van der Waals surface area contributed by atoms with Crippen molar-refractivity contribution >= 4 is 28.8 Å². The maximum Gasteiger partial charge on any atom is 0.265 e. The first-order valence-corrected chi connectivity index (χ1v) is 11.5. The molecule has 0 fully saturated rings. The van der Waals surface area contributed by atoms with Crippen LogP contribution in [0.4, 0.5) is 5.69 Å². The van der Waals surface area contributed by atoms with Crippen LogP contribution in [0.1, 0.15) is 36.7 Å². The molecule has 0 saturated heterocycles. The van der Waals surface area contributed by atoms with Gasteiger partial charge in [-0.15, -0.1) is 11.3 Å². The maximum atomic E-state index is 12.8. The van der Waals surface area contributed by atoms with Crippen molar-refractivity contribution in [2.45, 2.75) is 19.8 Å². The van der Waals surface area contributed by atoms with Gasteiger partial charge in [-0.25, -0.2) is 0 Å². The molecule has 4 aromatic rings. The van der Waals surface area contributed by atoms with E-state index in [9.17, 15) is 9.59 Å². The summed E-state index contributed by atoms with van der Waals surface area (Å²) in [6, 6.07) is 28.6. The van der Waals surface area contributed by atoms with Gasteiger partial charge in [-0.3, -0.25) is 9.59 Å². The fourth-order valence-corrected chi connectivity index (χ4v) is 3.89. The van der Waals surface area contributed by atoms with E-state index >= 15 is 0 Å². The number of benzene rings is 3. The molecule has 0 spiro atoms. The predicted molar refractivity (Wildman–Crippen MR) is 131 cm³/mol. The van der Waals surface area contributed by atoms with Crippen molar-refractivity contribution in [2.24, 2.45) is 0 Å². The third kappa shape index (κ3) is 6.38. The number of para-hydroxylation sites is 1. The van der Waals surface area contributed by atoms with E-state index in [2.05, 4.69) is 10.6 Å². The van der Waals surface area contributed by atoms with E-state index in [4.69, 9.17) is 4.74 Å². The van der Waals surface area contributed by atoms with Crippen molar-refractivity contribution in [3.05, 3.63) is 124 Å². The number of rotatable bonds is 9. The number of hydrogen-bond donors (Lipinski definition) is 2. The average molecular weight is 457 g/mol. The van der Waals surface area contributed by atoms with Crippen LogP contribution in [0.25, 0.3) is 0 Å². The molecular weight excluding hydrogens is 432 g/mol. The monoisotopic (exact) mass is 456 g/mol. The van der Waals surface area contributed by atoms with Gasteiger partial charge in [0.1, 0.15) is 0 Å². The van der Waals surface area contributed by atoms with E-state index in [-0.39, 0.29) is 11.8 Å². The van der Waals surface area contributed by atoms with Crippen LogP contribution in [0, 0.1) is 0 Å². The smallest absolute Gasteiger partial charge is 0.265 e. The fraction of sp³-hybridized carbons (Fsp3) is 0.111. The summed E-state index contributed by atoms with van der Waals surface area (Å²) in [4.78, 5) is 25.7. The van der Waals surface area contributed by atoms with Crippen molar-refractivity contribution < 1.29 is 14.3 Å². The Morgan fingerprint density at radius 2 is 1.36 bits per heavy atom. The molecule has 6 heteroatoms. The normalized spacial score (nSPS) is 10.5. The molecule has 0 bridgehead atoms. The molecule has 0 aliphatic heterocycles. The zero-order chi connectivity index (χ0) is 22.9. The molecule has 3 aromatic carbocycles. The largest absolute Gasteiger partial charge is 0.372 e. The van der Waals surface area contributed by atoms with Crippen LogP contribution in [-0.4, -0.2) is 11.8 Å². The molecule has 5 nitrogen and oxygen atoms in total. The van der Waals surface area contributed by atoms with Gasteiger partial charge in [0.2, 0.25) is 0 Å². The number of nitrogens with one attached hydrogen (secondary N) is 2. The molecule has 2 N–H and O–H groups in total. The van der Waals surface area contributed by atoms with Gasteiger partial charge in [0.25, 0.3) is 11.8 Å². The summed E-state index contributed by atoms with van der Waals surface area (Å²) in [5.41, 5.74) is 4.11. The van der Waals surface area contributed by atoms with E-state index in [1.165, 1.54) is 11.3 Å². The first-order valence-electron chi connectivity index (χ1n) is 10.6. The molecule has 1 heterocycles. The van der Waals surface area contributed by atoms with E-state index in [0.717, 1.165) is 16.7 Å². The molecule has 0 unspecified atom stereocenters. The lowest BCUT2D eigenvalue weighted by molar-refractivity contribution is 0.0951. The summed E-state index contributed by atoms with van der Waals surface area (Å²) in [5.74, 6) is -0.470. The van der Waals surface area contributed by atoms with Crippen LogP contribution >= 0.6 is 11.3 Å². The third-order valence-electron chi connectivity index (χ3n) is 5.02. The van der Waals surface area contributed by atoms with Gasteiger partial charge in [0.15, 0.2) is 0 Å². The molecule has 0 radical (unpaired) electrons. The molecule has 0 saturated carbocycles. The van der Waals surface area contributed by atoms with Crippen LogP contribution in [0.15, 0.2) is 96.4 Å². The highest BCUT2D eigenvalue weighted by Gasteiger charge is 2.14. The number of ether oxygens (including phenoxy) is 1. The molecule has 166 valence electrons. The van der Waals surface area contributed by atoms with Gasteiger partial charge >= 0.3 is 0 Å². The number of anilines is 1. The Kier molecular flexibility index (Phi) is 7.64. The second-order valence-corrected chi connectivity index (χ2v) is 8.40. The molecule has 0 atom stereocenters. The van der Waals surface area contributed by atoms with Gasteiger partial charge in [-0.05, 0) is 40.3 Å². The van der Waals surface area contributed by atoms with Crippen LogP contribution < -0.4 is 10.6 Å². The summed E-state index contributed by atoms with van der Waals surface area (Å²) in [6.45, 7) is 1.48. The molecule has 1 aromatic heterocycles. The lowest BCUT2D eigenvalue weighted by Crippen LogP contribution is -2.24. The van der Waals surface area contributed by atoms with Crippen LogP contribution in [-0.2, 0) is 24.5 Å². The van der Waals surface area contributed by atoms with Crippen LogP contribution in [0.3, 0.4) is 0 Å². The Morgan fingerprint density at radius 3 is 2.09 bits per heavy atom. The number of carbonyl (C=O) groups is 2. The Labute approximate surface area is 197 Å². The van der Waals surface area contributed by atoms with Crippen molar-refractivity contribution in [1.29, 1.82) is 0 Å². The fourth-order valence-electron chi connectivity index (χ4n) is 3.27. The van der Waals surface area contributed by atoms with E-state index < -0.39 is 0 Å². The zero-order valence-electron chi connectivity index (χ0n) is 18.0. The van der Waals surface area contributed by atoms with Crippen molar-refractivity contribution in [2.75, 3.05) is 5.32 Å². The molecule has 33 heavy (non-hydrogen) atoms. The Bertz CT molecular complexity index is 1190. The van der Waals surface area contributed by atoms with Crippen molar-refractivity contribution in [3.63, 3.8) is 0 Å². The minimum absolute atomic E-state index is 0.227. The van der Waals surface area contributed by atoms with Crippen molar-refractivity contribution in [3.8, 4) is 0 Å². The summed E-state index contributed by atoms with van der Waals surface area (Å²) in [5, 5.41) is 7.60. The lowest BCUT2D eigenvalue weighted by Gasteiger charge is -2.11. The van der Waals surface area contributed by atoms with Gasteiger partial charge < -0.3 is 15.4 Å². The van der Waals surface area contributed by atoms with Crippen LogP contribution in [0.5, 0.6) is 0 Å². The number of thiophene rings is 1. The number of carbonyl (C=O) groups excluding carboxylic acids is 2. The minimum atomic E-state index is -0.243. The molecule has 0 aliphatic rings. The van der Waals surface area contributed by atoms with E-state index in [1.807, 2.05) is 66.0 Å².